The molecule has 1 N–H and O–H groups in total. The van der Waals surface area contributed by atoms with Crippen molar-refractivity contribution in [2.24, 2.45) is 11.8 Å². The van der Waals surface area contributed by atoms with E-state index in [1.165, 1.54) is 32.1 Å². The van der Waals surface area contributed by atoms with Crippen LogP contribution in [0, 0.1) is 11.8 Å². The molecule has 2 rings (SSSR count). The van der Waals surface area contributed by atoms with Gasteiger partial charge in [0.1, 0.15) is 0 Å². The highest BCUT2D eigenvalue weighted by molar-refractivity contribution is 5.00. The zero-order chi connectivity index (χ0) is 14.4. The van der Waals surface area contributed by atoms with Gasteiger partial charge in [-0.05, 0) is 32.2 Å². The second-order valence-electron chi connectivity index (χ2n) is 6.49. The van der Waals surface area contributed by atoms with Crippen LogP contribution >= 0.6 is 0 Å². The summed E-state index contributed by atoms with van der Waals surface area (Å²) in [6.45, 7) is 6.99. The van der Waals surface area contributed by atoms with Gasteiger partial charge in [0.05, 0.1) is 5.60 Å². The summed E-state index contributed by atoms with van der Waals surface area (Å²) in [4.78, 5) is 0. The summed E-state index contributed by atoms with van der Waals surface area (Å²) in [7, 11) is 2.13. The van der Waals surface area contributed by atoms with Crippen molar-refractivity contribution in [2.75, 3.05) is 26.9 Å². The molecule has 0 bridgehead atoms. The van der Waals surface area contributed by atoms with Crippen LogP contribution in [-0.2, 0) is 9.47 Å². The Bertz CT molecular complexity index is 271. The van der Waals surface area contributed by atoms with Crippen LogP contribution in [0.25, 0.3) is 0 Å². The second kappa shape index (κ2) is 7.77. The van der Waals surface area contributed by atoms with Gasteiger partial charge in [-0.1, -0.05) is 32.6 Å². The molecule has 0 amide bonds. The molecule has 3 nitrogen and oxygen atoms in total. The molecule has 0 aromatic heterocycles. The van der Waals surface area contributed by atoms with Crippen molar-refractivity contribution < 1.29 is 9.47 Å². The molecule has 20 heavy (non-hydrogen) atoms. The molecule has 118 valence electrons. The smallest absolute Gasteiger partial charge is 0.0881 e. The Kier molecular flexibility index (Phi) is 6.31. The molecule has 1 aliphatic heterocycles. The first-order chi connectivity index (χ1) is 9.77. The van der Waals surface area contributed by atoms with Gasteiger partial charge in [-0.15, -0.1) is 0 Å². The Hall–Kier alpha value is -0.120. The van der Waals surface area contributed by atoms with Crippen molar-refractivity contribution in [3.05, 3.63) is 0 Å². The number of rotatable bonds is 6. The Labute approximate surface area is 124 Å². The van der Waals surface area contributed by atoms with Crippen LogP contribution in [-0.4, -0.2) is 38.5 Å². The molecule has 1 heterocycles. The van der Waals surface area contributed by atoms with E-state index in [1.807, 2.05) is 0 Å². The van der Waals surface area contributed by atoms with Gasteiger partial charge in [0.15, 0.2) is 0 Å². The minimum Gasteiger partial charge on any atom is -0.381 e. The molecular formula is C17H33NO2. The molecule has 0 aromatic rings. The van der Waals surface area contributed by atoms with E-state index in [0.29, 0.717) is 6.04 Å². The summed E-state index contributed by atoms with van der Waals surface area (Å²) >= 11 is 0. The molecule has 1 aliphatic carbocycles. The van der Waals surface area contributed by atoms with Crippen LogP contribution in [0.15, 0.2) is 0 Å². The number of ether oxygens (including phenoxy) is 2. The van der Waals surface area contributed by atoms with Gasteiger partial charge in [-0.3, -0.25) is 0 Å². The zero-order valence-corrected chi connectivity index (χ0v) is 13.6. The van der Waals surface area contributed by atoms with Gasteiger partial charge in [-0.25, -0.2) is 0 Å². The van der Waals surface area contributed by atoms with Crippen molar-refractivity contribution >= 4 is 0 Å². The Morgan fingerprint density at radius 1 is 1.20 bits per heavy atom. The minimum absolute atomic E-state index is 0.00280. The monoisotopic (exact) mass is 283 g/mol. The lowest BCUT2D eigenvalue weighted by Gasteiger charge is -2.49. The lowest BCUT2D eigenvalue weighted by Crippen LogP contribution is -2.59. The van der Waals surface area contributed by atoms with Gasteiger partial charge in [0.25, 0.3) is 0 Å². The lowest BCUT2D eigenvalue weighted by atomic mass is 9.68. The fraction of sp³-hybridized carbons (Fsp3) is 1.00. The van der Waals surface area contributed by atoms with Crippen LogP contribution in [0.2, 0.25) is 0 Å². The fourth-order valence-corrected chi connectivity index (χ4v) is 4.60. The highest BCUT2D eigenvalue weighted by atomic mass is 16.5. The van der Waals surface area contributed by atoms with Crippen molar-refractivity contribution in [1.29, 1.82) is 0 Å². The molecule has 0 aromatic carbocycles. The highest BCUT2D eigenvalue weighted by Crippen LogP contribution is 2.41. The normalized spacial score (nSPS) is 31.9. The molecule has 3 unspecified atom stereocenters. The van der Waals surface area contributed by atoms with Gasteiger partial charge in [0, 0.05) is 38.7 Å². The topological polar surface area (TPSA) is 30.5 Å². The van der Waals surface area contributed by atoms with Crippen LogP contribution in [0.3, 0.4) is 0 Å². The zero-order valence-electron chi connectivity index (χ0n) is 13.6. The number of hydrogen-bond donors (Lipinski definition) is 1. The van der Waals surface area contributed by atoms with Gasteiger partial charge in [-0.2, -0.15) is 0 Å². The molecule has 2 fully saturated rings. The molecule has 1 saturated heterocycles. The molecule has 1 saturated carbocycles. The number of hydrogen-bond acceptors (Lipinski definition) is 3. The van der Waals surface area contributed by atoms with Gasteiger partial charge < -0.3 is 14.8 Å². The predicted molar refractivity (Wildman–Crippen MR) is 83.0 cm³/mol. The third-order valence-corrected chi connectivity index (χ3v) is 5.57. The Morgan fingerprint density at radius 2 is 1.90 bits per heavy atom. The summed E-state index contributed by atoms with van der Waals surface area (Å²) in [6.07, 6.45) is 8.95. The maximum absolute atomic E-state index is 6.33. The van der Waals surface area contributed by atoms with E-state index in [0.717, 1.165) is 44.5 Å². The first-order valence-electron chi connectivity index (χ1n) is 8.66. The van der Waals surface area contributed by atoms with E-state index < -0.39 is 0 Å². The summed E-state index contributed by atoms with van der Waals surface area (Å²) in [5.41, 5.74) is -0.00280. The molecule has 2 aliphatic rings. The largest absolute Gasteiger partial charge is 0.381 e. The SMILES string of the molecule is CCOC1(C(NC)C2CCCCC2CC)CCOCC1. The fourth-order valence-electron chi connectivity index (χ4n) is 4.60. The van der Waals surface area contributed by atoms with Gasteiger partial charge in [0.2, 0.25) is 0 Å². The van der Waals surface area contributed by atoms with Crippen molar-refractivity contribution in [2.45, 2.75) is 70.4 Å². The van der Waals surface area contributed by atoms with Crippen molar-refractivity contribution in [3.63, 3.8) is 0 Å². The van der Waals surface area contributed by atoms with E-state index in [-0.39, 0.29) is 5.60 Å². The highest BCUT2D eigenvalue weighted by Gasteiger charge is 2.46. The summed E-state index contributed by atoms with van der Waals surface area (Å²) in [6, 6.07) is 0.483. The average molecular weight is 283 g/mol. The van der Waals surface area contributed by atoms with Crippen molar-refractivity contribution in [3.8, 4) is 0 Å². The predicted octanol–water partition coefficient (Wildman–Crippen LogP) is 3.38. The molecule has 3 atom stereocenters. The summed E-state index contributed by atoms with van der Waals surface area (Å²) in [5.74, 6) is 1.63. The third kappa shape index (κ3) is 3.37. The first-order valence-corrected chi connectivity index (χ1v) is 8.66. The summed E-state index contributed by atoms with van der Waals surface area (Å²) in [5, 5.41) is 3.65. The van der Waals surface area contributed by atoms with Crippen molar-refractivity contribution in [1.82, 2.24) is 5.32 Å². The molecule has 0 spiro atoms. The minimum atomic E-state index is -0.00280. The maximum Gasteiger partial charge on any atom is 0.0881 e. The van der Waals surface area contributed by atoms with Crippen LogP contribution in [0.1, 0.15) is 58.8 Å². The standard InChI is InChI=1S/C17H33NO2/c1-4-14-8-6-7-9-15(14)16(18-3)17(20-5-2)10-12-19-13-11-17/h14-16,18H,4-13H2,1-3H3. The number of likely N-dealkylation sites (N-methyl/N-ethyl adjacent to an activating group) is 1. The van der Waals surface area contributed by atoms with E-state index in [9.17, 15) is 0 Å². The van der Waals surface area contributed by atoms with E-state index in [1.54, 1.807) is 0 Å². The Balaban J connectivity index is 2.17. The van der Waals surface area contributed by atoms with E-state index >= 15 is 0 Å². The molecule has 3 heteroatoms. The summed E-state index contributed by atoms with van der Waals surface area (Å²) < 4.78 is 11.9. The quantitative estimate of drug-likeness (QED) is 0.810. The van der Waals surface area contributed by atoms with Crippen LogP contribution in [0.4, 0.5) is 0 Å². The van der Waals surface area contributed by atoms with E-state index in [2.05, 4.69) is 26.2 Å². The number of nitrogens with one attached hydrogen (secondary N) is 1. The van der Waals surface area contributed by atoms with Crippen LogP contribution < -0.4 is 5.32 Å². The second-order valence-corrected chi connectivity index (χ2v) is 6.49. The Morgan fingerprint density at radius 3 is 2.50 bits per heavy atom. The maximum atomic E-state index is 6.33. The van der Waals surface area contributed by atoms with Gasteiger partial charge >= 0.3 is 0 Å². The van der Waals surface area contributed by atoms with Crippen LogP contribution in [0.5, 0.6) is 0 Å². The molecular weight excluding hydrogens is 250 g/mol. The molecule has 0 radical (unpaired) electrons. The van der Waals surface area contributed by atoms with E-state index in [4.69, 9.17) is 9.47 Å². The average Bonchev–Trinajstić information content (AvgIpc) is 2.49. The lowest BCUT2D eigenvalue weighted by molar-refractivity contribution is -0.141. The third-order valence-electron chi connectivity index (χ3n) is 5.57. The first kappa shape index (κ1) is 16.3.